The fraction of sp³-hybridized carbons (Fsp3) is 0.625. The Balaban J connectivity index is 4.49. The Hall–Kier alpha value is -0.830. The molecular formula is C8H14O3. The molecule has 0 fully saturated rings. The molecule has 0 bridgehead atoms. The number of aliphatic carboxylic acids is 1. The quantitative estimate of drug-likeness (QED) is 0.601. The van der Waals surface area contributed by atoms with Gasteiger partial charge in [0, 0.05) is 0 Å². The van der Waals surface area contributed by atoms with Gasteiger partial charge in [-0.05, 0) is 13.3 Å². The number of carboxylic acids is 1. The average molecular weight is 158 g/mol. The molecule has 0 aromatic carbocycles. The first kappa shape index (κ1) is 10.2. The van der Waals surface area contributed by atoms with Gasteiger partial charge in [-0.15, -0.1) is 6.58 Å². The van der Waals surface area contributed by atoms with E-state index in [-0.39, 0.29) is 0 Å². The monoisotopic (exact) mass is 158 g/mol. The van der Waals surface area contributed by atoms with E-state index in [1.807, 2.05) is 0 Å². The summed E-state index contributed by atoms with van der Waals surface area (Å²) in [6.07, 6.45) is 1.65. The summed E-state index contributed by atoms with van der Waals surface area (Å²) < 4.78 is 0. The van der Waals surface area contributed by atoms with Crippen LogP contribution in [0.4, 0.5) is 0 Å². The van der Waals surface area contributed by atoms with E-state index in [4.69, 9.17) is 5.11 Å². The minimum atomic E-state index is -1.27. The molecule has 0 aromatic heterocycles. The molecule has 0 saturated heterocycles. The number of hydrogen-bond donors (Lipinski definition) is 2. The molecule has 0 aromatic rings. The molecule has 0 radical (unpaired) electrons. The van der Waals surface area contributed by atoms with Gasteiger partial charge in [0.05, 0.1) is 11.5 Å². The summed E-state index contributed by atoms with van der Waals surface area (Å²) in [4.78, 5) is 10.5. The third-order valence-electron chi connectivity index (χ3n) is 2.04. The molecule has 2 unspecified atom stereocenters. The summed E-state index contributed by atoms with van der Waals surface area (Å²) in [6.45, 7) is 6.58. The van der Waals surface area contributed by atoms with Crippen molar-refractivity contribution in [3.8, 4) is 0 Å². The van der Waals surface area contributed by atoms with Crippen LogP contribution in [0.3, 0.4) is 0 Å². The van der Waals surface area contributed by atoms with Crippen LogP contribution >= 0.6 is 0 Å². The molecular weight excluding hydrogens is 144 g/mol. The Morgan fingerprint density at radius 3 is 2.36 bits per heavy atom. The van der Waals surface area contributed by atoms with Crippen molar-refractivity contribution in [1.29, 1.82) is 0 Å². The van der Waals surface area contributed by atoms with Crippen molar-refractivity contribution < 1.29 is 15.0 Å². The van der Waals surface area contributed by atoms with Gasteiger partial charge in [-0.1, -0.05) is 13.0 Å². The van der Waals surface area contributed by atoms with E-state index in [1.165, 1.54) is 13.0 Å². The molecule has 3 nitrogen and oxygen atoms in total. The molecule has 0 amide bonds. The molecule has 11 heavy (non-hydrogen) atoms. The van der Waals surface area contributed by atoms with Crippen LogP contribution in [0.5, 0.6) is 0 Å². The molecule has 3 heteroatoms. The van der Waals surface area contributed by atoms with Crippen LogP contribution in [-0.2, 0) is 4.79 Å². The summed E-state index contributed by atoms with van der Waals surface area (Å²) in [6, 6.07) is 0. The first-order valence-electron chi connectivity index (χ1n) is 3.56. The second-order valence-corrected chi connectivity index (χ2v) is 2.61. The van der Waals surface area contributed by atoms with Crippen molar-refractivity contribution in [2.75, 3.05) is 0 Å². The van der Waals surface area contributed by atoms with Crippen LogP contribution < -0.4 is 0 Å². The third kappa shape index (κ3) is 2.05. The van der Waals surface area contributed by atoms with E-state index >= 15 is 0 Å². The van der Waals surface area contributed by atoms with E-state index in [1.54, 1.807) is 6.92 Å². The predicted molar refractivity (Wildman–Crippen MR) is 42.2 cm³/mol. The topological polar surface area (TPSA) is 57.5 Å². The van der Waals surface area contributed by atoms with Crippen LogP contribution in [0.25, 0.3) is 0 Å². The lowest BCUT2D eigenvalue weighted by molar-refractivity contribution is -0.148. The van der Waals surface area contributed by atoms with Crippen LogP contribution in [-0.4, -0.2) is 21.8 Å². The van der Waals surface area contributed by atoms with Crippen molar-refractivity contribution in [2.24, 2.45) is 5.92 Å². The van der Waals surface area contributed by atoms with Crippen LogP contribution in [0, 0.1) is 5.92 Å². The lowest BCUT2D eigenvalue weighted by Crippen LogP contribution is -2.37. The van der Waals surface area contributed by atoms with Crippen molar-refractivity contribution in [3.63, 3.8) is 0 Å². The Kier molecular flexibility index (Phi) is 3.26. The Labute approximate surface area is 66.4 Å². The standard InChI is InChI=1S/C8H14O3/c1-4-8(11,5-2)6(3)7(9)10/h4,6,11H,1,5H2,2-3H3,(H,9,10). The van der Waals surface area contributed by atoms with Gasteiger partial charge >= 0.3 is 5.97 Å². The zero-order chi connectivity index (χ0) is 9.07. The Bertz CT molecular complexity index is 165. The van der Waals surface area contributed by atoms with Crippen molar-refractivity contribution in [3.05, 3.63) is 12.7 Å². The van der Waals surface area contributed by atoms with E-state index in [2.05, 4.69) is 6.58 Å². The second kappa shape index (κ2) is 3.53. The molecule has 0 heterocycles. The van der Waals surface area contributed by atoms with Gasteiger partial charge in [0.1, 0.15) is 0 Å². The van der Waals surface area contributed by atoms with E-state index in [9.17, 15) is 9.90 Å². The molecule has 64 valence electrons. The maximum Gasteiger partial charge on any atom is 0.309 e. The van der Waals surface area contributed by atoms with Crippen LogP contribution in [0.15, 0.2) is 12.7 Å². The van der Waals surface area contributed by atoms with Gasteiger partial charge in [0.15, 0.2) is 0 Å². The van der Waals surface area contributed by atoms with Gasteiger partial charge < -0.3 is 10.2 Å². The maximum absolute atomic E-state index is 10.5. The largest absolute Gasteiger partial charge is 0.481 e. The maximum atomic E-state index is 10.5. The fourth-order valence-electron chi connectivity index (χ4n) is 0.841. The zero-order valence-corrected chi connectivity index (χ0v) is 6.87. The summed E-state index contributed by atoms with van der Waals surface area (Å²) in [7, 11) is 0. The summed E-state index contributed by atoms with van der Waals surface area (Å²) in [5.41, 5.74) is -1.27. The number of rotatable bonds is 4. The highest BCUT2D eigenvalue weighted by Gasteiger charge is 2.33. The van der Waals surface area contributed by atoms with E-state index < -0.39 is 17.5 Å². The summed E-state index contributed by atoms with van der Waals surface area (Å²) >= 11 is 0. The Morgan fingerprint density at radius 1 is 1.82 bits per heavy atom. The highest BCUT2D eigenvalue weighted by Crippen LogP contribution is 2.22. The molecule has 0 rings (SSSR count). The van der Waals surface area contributed by atoms with Gasteiger partial charge in [-0.3, -0.25) is 4.79 Å². The van der Waals surface area contributed by atoms with Gasteiger partial charge in [-0.25, -0.2) is 0 Å². The van der Waals surface area contributed by atoms with E-state index in [0.717, 1.165) is 0 Å². The number of carbonyl (C=O) groups is 1. The molecule has 0 saturated carbocycles. The number of aliphatic hydroxyl groups is 1. The fourth-order valence-corrected chi connectivity index (χ4v) is 0.841. The van der Waals surface area contributed by atoms with Crippen LogP contribution in [0.2, 0.25) is 0 Å². The zero-order valence-electron chi connectivity index (χ0n) is 6.87. The van der Waals surface area contributed by atoms with Crippen LogP contribution in [0.1, 0.15) is 20.3 Å². The highest BCUT2D eigenvalue weighted by molar-refractivity contribution is 5.71. The normalized spacial score (nSPS) is 18.5. The van der Waals surface area contributed by atoms with E-state index in [0.29, 0.717) is 6.42 Å². The minimum Gasteiger partial charge on any atom is -0.481 e. The number of hydrogen-bond acceptors (Lipinski definition) is 2. The predicted octanol–water partition coefficient (Wildman–Crippen LogP) is 1.03. The lowest BCUT2D eigenvalue weighted by atomic mass is 9.87. The SMILES string of the molecule is C=CC(O)(CC)C(C)C(=O)O. The lowest BCUT2D eigenvalue weighted by Gasteiger charge is -2.26. The highest BCUT2D eigenvalue weighted by atomic mass is 16.4. The molecule has 2 atom stereocenters. The summed E-state index contributed by atoms with van der Waals surface area (Å²) in [5, 5.41) is 18.1. The van der Waals surface area contributed by atoms with Gasteiger partial charge in [-0.2, -0.15) is 0 Å². The molecule has 0 aliphatic carbocycles. The van der Waals surface area contributed by atoms with Crippen molar-refractivity contribution in [2.45, 2.75) is 25.9 Å². The van der Waals surface area contributed by atoms with Gasteiger partial charge in [0.2, 0.25) is 0 Å². The third-order valence-corrected chi connectivity index (χ3v) is 2.04. The second-order valence-electron chi connectivity index (χ2n) is 2.61. The number of carboxylic acid groups (broad SMARTS) is 1. The van der Waals surface area contributed by atoms with Crippen molar-refractivity contribution in [1.82, 2.24) is 0 Å². The summed E-state index contributed by atoms with van der Waals surface area (Å²) in [5.74, 6) is -1.81. The first-order chi connectivity index (χ1) is 4.98. The minimum absolute atomic E-state index is 0.365. The molecule has 2 N–H and O–H groups in total. The Morgan fingerprint density at radius 2 is 2.27 bits per heavy atom. The van der Waals surface area contributed by atoms with Gasteiger partial charge in [0.25, 0.3) is 0 Å². The van der Waals surface area contributed by atoms with Crippen molar-refractivity contribution >= 4 is 5.97 Å². The average Bonchev–Trinajstić information content (AvgIpc) is 2.01. The smallest absolute Gasteiger partial charge is 0.309 e. The first-order valence-corrected chi connectivity index (χ1v) is 3.56. The molecule has 0 aliphatic rings. The molecule has 0 aliphatic heterocycles. The molecule has 0 spiro atoms.